The number of nitrogens with two attached hydrogens (primary N) is 1. The van der Waals surface area contributed by atoms with Crippen LogP contribution in [0.3, 0.4) is 0 Å². The summed E-state index contributed by atoms with van der Waals surface area (Å²) < 4.78 is 0. The predicted octanol–water partition coefficient (Wildman–Crippen LogP) is 0.363. The SMILES string of the molecule is Cc1ccc(C(=O)NCCC(C(=N)C(=O)CN)C(=O)O)cc1. The van der Waals surface area contributed by atoms with E-state index in [0.29, 0.717) is 5.56 Å². The van der Waals surface area contributed by atoms with Crippen LogP contribution in [0.15, 0.2) is 24.3 Å². The molecule has 0 bridgehead atoms. The highest BCUT2D eigenvalue weighted by Gasteiger charge is 2.26. The first-order valence-electron chi connectivity index (χ1n) is 6.76. The Kier molecular flexibility index (Phi) is 6.40. The Bertz CT molecular complexity index is 581. The topological polar surface area (TPSA) is 133 Å². The van der Waals surface area contributed by atoms with Gasteiger partial charge in [-0.15, -0.1) is 0 Å². The molecule has 7 nitrogen and oxygen atoms in total. The zero-order chi connectivity index (χ0) is 16.7. The number of ketones is 1. The number of aliphatic carboxylic acids is 1. The standard InChI is InChI=1S/C15H19N3O4/c1-9-2-4-10(5-3-9)14(20)18-7-6-11(15(21)22)13(17)12(19)8-16/h2-5,11,17H,6-8,16H2,1H3,(H,18,20)(H,21,22). The van der Waals surface area contributed by atoms with Gasteiger partial charge in [0, 0.05) is 12.1 Å². The van der Waals surface area contributed by atoms with Crippen molar-refractivity contribution in [3.05, 3.63) is 35.4 Å². The molecule has 1 amide bonds. The van der Waals surface area contributed by atoms with Gasteiger partial charge in [0.05, 0.1) is 12.3 Å². The van der Waals surface area contributed by atoms with Crippen molar-refractivity contribution in [1.82, 2.24) is 5.32 Å². The summed E-state index contributed by atoms with van der Waals surface area (Å²) in [6, 6.07) is 6.92. The third kappa shape index (κ3) is 4.78. The lowest BCUT2D eigenvalue weighted by atomic mass is 9.96. The highest BCUT2D eigenvalue weighted by Crippen LogP contribution is 2.07. The maximum Gasteiger partial charge on any atom is 0.312 e. The van der Waals surface area contributed by atoms with Crippen molar-refractivity contribution in [2.75, 3.05) is 13.1 Å². The highest BCUT2D eigenvalue weighted by molar-refractivity contribution is 6.42. The first kappa shape index (κ1) is 17.5. The molecule has 0 aromatic heterocycles. The molecule has 1 atom stereocenters. The maximum absolute atomic E-state index is 11.9. The fraction of sp³-hybridized carbons (Fsp3) is 0.333. The van der Waals surface area contributed by atoms with Gasteiger partial charge in [-0.1, -0.05) is 17.7 Å². The number of carboxylic acids is 1. The third-order valence-electron chi connectivity index (χ3n) is 3.16. The van der Waals surface area contributed by atoms with Crippen LogP contribution in [0.5, 0.6) is 0 Å². The summed E-state index contributed by atoms with van der Waals surface area (Å²) in [5, 5.41) is 19.2. The average molecular weight is 305 g/mol. The molecule has 0 fully saturated rings. The molecule has 0 aliphatic rings. The van der Waals surface area contributed by atoms with Crippen LogP contribution in [-0.4, -0.2) is 41.6 Å². The van der Waals surface area contributed by atoms with Gasteiger partial charge in [-0.05, 0) is 25.5 Å². The molecule has 5 N–H and O–H groups in total. The van der Waals surface area contributed by atoms with Crippen molar-refractivity contribution < 1.29 is 19.5 Å². The van der Waals surface area contributed by atoms with Gasteiger partial charge in [-0.3, -0.25) is 14.4 Å². The molecule has 118 valence electrons. The minimum atomic E-state index is -1.28. The van der Waals surface area contributed by atoms with Crippen molar-refractivity contribution in [1.29, 1.82) is 5.41 Å². The number of hydrogen-bond donors (Lipinski definition) is 4. The summed E-state index contributed by atoms with van der Waals surface area (Å²) in [5.41, 5.74) is 6.07. The lowest BCUT2D eigenvalue weighted by Crippen LogP contribution is -2.36. The van der Waals surface area contributed by atoms with E-state index in [0.717, 1.165) is 5.56 Å². The van der Waals surface area contributed by atoms with Crippen LogP contribution in [0.2, 0.25) is 0 Å². The van der Waals surface area contributed by atoms with Gasteiger partial charge in [0.1, 0.15) is 5.92 Å². The van der Waals surface area contributed by atoms with E-state index >= 15 is 0 Å². The zero-order valence-corrected chi connectivity index (χ0v) is 12.3. The highest BCUT2D eigenvalue weighted by atomic mass is 16.4. The Hall–Kier alpha value is -2.54. The lowest BCUT2D eigenvalue weighted by molar-refractivity contribution is -0.140. The Balaban J connectivity index is 2.58. The predicted molar refractivity (Wildman–Crippen MR) is 81.0 cm³/mol. The van der Waals surface area contributed by atoms with Crippen LogP contribution < -0.4 is 11.1 Å². The molecular formula is C15H19N3O4. The van der Waals surface area contributed by atoms with Crippen LogP contribution >= 0.6 is 0 Å². The average Bonchev–Trinajstić information content (AvgIpc) is 2.50. The van der Waals surface area contributed by atoms with Crippen molar-refractivity contribution >= 4 is 23.4 Å². The van der Waals surface area contributed by atoms with Crippen LogP contribution in [0, 0.1) is 18.3 Å². The number of carboxylic acid groups (broad SMARTS) is 1. The van der Waals surface area contributed by atoms with E-state index in [1.165, 1.54) is 0 Å². The van der Waals surface area contributed by atoms with E-state index in [1.807, 2.05) is 6.92 Å². The van der Waals surface area contributed by atoms with Gasteiger partial charge >= 0.3 is 5.97 Å². The number of amides is 1. The molecular weight excluding hydrogens is 286 g/mol. The van der Waals surface area contributed by atoms with E-state index in [9.17, 15) is 14.4 Å². The molecule has 7 heteroatoms. The van der Waals surface area contributed by atoms with E-state index < -0.39 is 29.9 Å². The van der Waals surface area contributed by atoms with Gasteiger partial charge in [0.2, 0.25) is 0 Å². The zero-order valence-electron chi connectivity index (χ0n) is 12.3. The van der Waals surface area contributed by atoms with Gasteiger partial charge in [0.15, 0.2) is 5.78 Å². The van der Waals surface area contributed by atoms with Crippen LogP contribution in [0.25, 0.3) is 0 Å². The molecule has 0 saturated heterocycles. The molecule has 22 heavy (non-hydrogen) atoms. The molecule has 0 aliphatic heterocycles. The molecule has 0 radical (unpaired) electrons. The summed E-state index contributed by atoms with van der Waals surface area (Å²) in [7, 11) is 0. The largest absolute Gasteiger partial charge is 0.481 e. The normalized spacial score (nSPS) is 11.5. The second-order valence-electron chi connectivity index (χ2n) is 4.84. The monoisotopic (exact) mass is 305 g/mol. The summed E-state index contributed by atoms with van der Waals surface area (Å²) in [6.45, 7) is 1.54. The number of carbonyl (C=O) groups excluding carboxylic acids is 2. The Morgan fingerprint density at radius 2 is 1.86 bits per heavy atom. The second-order valence-corrected chi connectivity index (χ2v) is 4.84. The quantitative estimate of drug-likeness (QED) is 0.515. The molecule has 1 unspecified atom stereocenters. The Labute approximate surface area is 128 Å². The number of hydrogen-bond acceptors (Lipinski definition) is 5. The Morgan fingerprint density at radius 1 is 1.27 bits per heavy atom. The van der Waals surface area contributed by atoms with Gasteiger partial charge in [-0.2, -0.15) is 0 Å². The van der Waals surface area contributed by atoms with Gasteiger partial charge in [-0.25, -0.2) is 0 Å². The minimum absolute atomic E-state index is 0.0441. The molecule has 1 rings (SSSR count). The number of carbonyl (C=O) groups is 3. The van der Waals surface area contributed by atoms with Crippen molar-refractivity contribution in [2.24, 2.45) is 11.7 Å². The summed E-state index contributed by atoms with van der Waals surface area (Å²) in [5.74, 6) is -3.59. The van der Waals surface area contributed by atoms with Crippen LogP contribution in [0.1, 0.15) is 22.3 Å². The smallest absolute Gasteiger partial charge is 0.312 e. The van der Waals surface area contributed by atoms with Crippen LogP contribution in [-0.2, 0) is 9.59 Å². The maximum atomic E-state index is 11.9. The van der Waals surface area contributed by atoms with Gasteiger partial charge < -0.3 is 21.6 Å². The van der Waals surface area contributed by atoms with Crippen molar-refractivity contribution in [3.8, 4) is 0 Å². The molecule has 1 aromatic rings. The number of rotatable bonds is 8. The first-order valence-corrected chi connectivity index (χ1v) is 6.76. The van der Waals surface area contributed by atoms with E-state index in [4.69, 9.17) is 16.2 Å². The van der Waals surface area contributed by atoms with Crippen molar-refractivity contribution in [3.63, 3.8) is 0 Å². The molecule has 0 heterocycles. The van der Waals surface area contributed by atoms with Crippen molar-refractivity contribution in [2.45, 2.75) is 13.3 Å². The fourth-order valence-corrected chi connectivity index (χ4v) is 1.83. The molecule has 0 aliphatic carbocycles. The number of benzene rings is 1. The Morgan fingerprint density at radius 3 is 2.36 bits per heavy atom. The minimum Gasteiger partial charge on any atom is -0.481 e. The van der Waals surface area contributed by atoms with E-state index in [-0.39, 0.29) is 18.9 Å². The summed E-state index contributed by atoms with van der Waals surface area (Å²) in [4.78, 5) is 34.3. The molecule has 0 spiro atoms. The lowest BCUT2D eigenvalue weighted by Gasteiger charge is -2.13. The van der Waals surface area contributed by atoms with E-state index in [2.05, 4.69) is 5.32 Å². The number of aryl methyl sites for hydroxylation is 1. The van der Waals surface area contributed by atoms with Gasteiger partial charge in [0.25, 0.3) is 5.91 Å². The van der Waals surface area contributed by atoms with Crippen LogP contribution in [0.4, 0.5) is 0 Å². The fourth-order valence-electron chi connectivity index (χ4n) is 1.83. The third-order valence-corrected chi connectivity index (χ3v) is 3.16. The summed E-state index contributed by atoms with van der Waals surface area (Å²) >= 11 is 0. The summed E-state index contributed by atoms with van der Waals surface area (Å²) in [6.07, 6.45) is -0.0441. The first-order chi connectivity index (χ1) is 10.4. The number of Topliss-reactive ketones (excluding diaryl/α,β-unsaturated/α-hetero) is 1. The molecule has 1 aromatic carbocycles. The molecule has 0 saturated carbocycles. The second kappa shape index (κ2) is 8.04. The van der Waals surface area contributed by atoms with E-state index in [1.54, 1.807) is 24.3 Å². The number of nitrogens with one attached hydrogen (secondary N) is 2.